The summed E-state index contributed by atoms with van der Waals surface area (Å²) in [5.74, 6) is 0. The van der Waals surface area contributed by atoms with Crippen LogP contribution in [0.5, 0.6) is 0 Å². The number of rotatable bonds is 3. The molecule has 0 fully saturated rings. The second kappa shape index (κ2) is 5.52. The first-order valence-electron chi connectivity index (χ1n) is 6.59. The summed E-state index contributed by atoms with van der Waals surface area (Å²) in [6.45, 7) is 3.58. The Morgan fingerprint density at radius 2 is 1.86 bits per heavy atom. The second-order valence-corrected chi connectivity index (χ2v) is 5.13. The molecular weight excluding hydrogens is 279 g/mol. The van der Waals surface area contributed by atoms with Crippen molar-refractivity contribution in [3.63, 3.8) is 0 Å². The van der Waals surface area contributed by atoms with Crippen molar-refractivity contribution in [2.24, 2.45) is 7.05 Å². The molecule has 0 radical (unpaired) electrons. The van der Waals surface area contributed by atoms with Crippen LogP contribution in [0.3, 0.4) is 0 Å². The Morgan fingerprint density at radius 3 is 2.29 bits per heavy atom. The maximum Gasteiger partial charge on any atom is 0.416 e. The van der Waals surface area contributed by atoms with E-state index < -0.39 is 11.7 Å². The summed E-state index contributed by atoms with van der Waals surface area (Å²) in [6.07, 6.45) is -4.32. The van der Waals surface area contributed by atoms with Gasteiger partial charge in [0.2, 0.25) is 0 Å². The lowest BCUT2D eigenvalue weighted by Gasteiger charge is -2.20. The molecule has 1 unspecified atom stereocenters. The Hall–Kier alpha value is -1.82. The topological polar surface area (TPSA) is 29.9 Å². The largest absolute Gasteiger partial charge is 0.416 e. The lowest BCUT2D eigenvalue weighted by molar-refractivity contribution is -0.137. The monoisotopic (exact) mass is 297 g/mol. The molecule has 1 aromatic carbocycles. The van der Waals surface area contributed by atoms with Crippen LogP contribution in [0.2, 0.25) is 0 Å². The molecule has 0 bridgehead atoms. The Kier molecular flexibility index (Phi) is 4.09. The minimum Gasteiger partial charge on any atom is -0.308 e. The molecule has 1 N–H and O–H groups in total. The summed E-state index contributed by atoms with van der Waals surface area (Å²) in [5, 5.41) is 7.43. The highest BCUT2D eigenvalue weighted by atomic mass is 19.4. The third-order valence-electron chi connectivity index (χ3n) is 3.53. The summed E-state index contributed by atoms with van der Waals surface area (Å²) < 4.78 is 40.0. The number of alkyl halides is 3. The van der Waals surface area contributed by atoms with E-state index in [1.54, 1.807) is 18.7 Å². The molecule has 114 valence electrons. The number of aromatic nitrogens is 2. The molecule has 1 aromatic heterocycles. The van der Waals surface area contributed by atoms with Crippen LogP contribution in [0.25, 0.3) is 0 Å². The van der Waals surface area contributed by atoms with E-state index >= 15 is 0 Å². The number of hydrogen-bond acceptors (Lipinski definition) is 2. The van der Waals surface area contributed by atoms with Crippen molar-refractivity contribution < 1.29 is 13.2 Å². The first kappa shape index (κ1) is 15.6. The fraction of sp³-hybridized carbons (Fsp3) is 0.400. The molecule has 0 amide bonds. The quantitative estimate of drug-likeness (QED) is 0.941. The molecule has 2 aromatic rings. The first-order chi connectivity index (χ1) is 9.74. The Bertz CT molecular complexity index is 644. The van der Waals surface area contributed by atoms with Gasteiger partial charge >= 0.3 is 6.18 Å². The van der Waals surface area contributed by atoms with Crippen LogP contribution in [0.15, 0.2) is 24.3 Å². The van der Waals surface area contributed by atoms with Crippen LogP contribution >= 0.6 is 0 Å². The van der Waals surface area contributed by atoms with E-state index in [2.05, 4.69) is 10.4 Å². The van der Waals surface area contributed by atoms with Crippen molar-refractivity contribution in [3.05, 3.63) is 52.3 Å². The van der Waals surface area contributed by atoms with Gasteiger partial charge in [-0.2, -0.15) is 18.3 Å². The SMILES string of the molecule is CNC(c1ccc(C(F)(F)F)cc1C)c1cc(C)nn1C. The van der Waals surface area contributed by atoms with Gasteiger partial charge in [-0.05, 0) is 50.2 Å². The van der Waals surface area contributed by atoms with Crippen LogP contribution in [-0.2, 0) is 13.2 Å². The van der Waals surface area contributed by atoms with Gasteiger partial charge in [-0.3, -0.25) is 4.68 Å². The Labute approximate surface area is 121 Å². The molecule has 0 aliphatic heterocycles. The summed E-state index contributed by atoms with van der Waals surface area (Å²) in [5.41, 5.74) is 2.58. The minimum absolute atomic E-state index is 0.196. The van der Waals surface area contributed by atoms with Crippen molar-refractivity contribution in [2.45, 2.75) is 26.1 Å². The van der Waals surface area contributed by atoms with E-state index in [9.17, 15) is 13.2 Å². The summed E-state index contributed by atoms with van der Waals surface area (Å²) in [7, 11) is 3.61. The lowest BCUT2D eigenvalue weighted by atomic mass is 9.96. The Morgan fingerprint density at radius 1 is 1.19 bits per heavy atom. The van der Waals surface area contributed by atoms with Crippen molar-refractivity contribution in [3.8, 4) is 0 Å². The Balaban J connectivity index is 2.46. The summed E-state index contributed by atoms with van der Waals surface area (Å²) in [4.78, 5) is 0. The number of nitrogens with zero attached hydrogens (tertiary/aromatic N) is 2. The zero-order valence-corrected chi connectivity index (χ0v) is 12.4. The van der Waals surface area contributed by atoms with Crippen molar-refractivity contribution >= 4 is 0 Å². The third-order valence-corrected chi connectivity index (χ3v) is 3.53. The van der Waals surface area contributed by atoms with Gasteiger partial charge in [0, 0.05) is 7.05 Å². The number of nitrogens with one attached hydrogen (secondary N) is 1. The van der Waals surface area contributed by atoms with Gasteiger partial charge in [-0.25, -0.2) is 0 Å². The van der Waals surface area contributed by atoms with Crippen LogP contribution in [0, 0.1) is 13.8 Å². The minimum atomic E-state index is -4.32. The third kappa shape index (κ3) is 3.10. The number of benzene rings is 1. The highest BCUT2D eigenvalue weighted by molar-refractivity contribution is 5.38. The molecule has 0 saturated carbocycles. The van der Waals surface area contributed by atoms with Crippen molar-refractivity contribution in [1.29, 1.82) is 0 Å². The van der Waals surface area contributed by atoms with Gasteiger partial charge < -0.3 is 5.32 Å². The normalized spacial score (nSPS) is 13.5. The van der Waals surface area contributed by atoms with Crippen LogP contribution < -0.4 is 5.32 Å². The van der Waals surface area contributed by atoms with E-state index in [-0.39, 0.29) is 6.04 Å². The zero-order chi connectivity index (χ0) is 15.8. The molecule has 0 aliphatic rings. The maximum atomic E-state index is 12.7. The molecule has 1 atom stereocenters. The van der Waals surface area contributed by atoms with Crippen LogP contribution in [0.1, 0.15) is 34.1 Å². The molecule has 21 heavy (non-hydrogen) atoms. The smallest absolute Gasteiger partial charge is 0.308 e. The molecular formula is C15H18F3N3. The molecule has 3 nitrogen and oxygen atoms in total. The average molecular weight is 297 g/mol. The second-order valence-electron chi connectivity index (χ2n) is 5.13. The molecule has 0 spiro atoms. The van der Waals surface area contributed by atoms with E-state index in [4.69, 9.17) is 0 Å². The standard InChI is InChI=1S/C15H18F3N3/c1-9-7-11(15(16,17)18)5-6-12(9)14(19-3)13-8-10(2)20-21(13)4/h5-8,14,19H,1-4H3. The summed E-state index contributed by atoms with van der Waals surface area (Å²) in [6, 6.07) is 5.57. The van der Waals surface area contributed by atoms with Gasteiger partial charge in [0.25, 0.3) is 0 Å². The van der Waals surface area contributed by atoms with E-state index in [1.165, 1.54) is 12.1 Å². The number of hydrogen-bond donors (Lipinski definition) is 1. The van der Waals surface area contributed by atoms with Gasteiger partial charge in [-0.1, -0.05) is 6.07 Å². The zero-order valence-electron chi connectivity index (χ0n) is 12.4. The number of aryl methyl sites for hydroxylation is 3. The molecule has 0 aliphatic carbocycles. The van der Waals surface area contributed by atoms with Crippen molar-refractivity contribution in [2.75, 3.05) is 7.05 Å². The summed E-state index contributed by atoms with van der Waals surface area (Å²) >= 11 is 0. The van der Waals surface area contributed by atoms with E-state index in [1.807, 2.05) is 20.0 Å². The van der Waals surface area contributed by atoms with Gasteiger partial charge in [0.15, 0.2) is 0 Å². The van der Waals surface area contributed by atoms with Gasteiger partial charge in [-0.15, -0.1) is 0 Å². The molecule has 1 heterocycles. The molecule has 2 rings (SSSR count). The first-order valence-corrected chi connectivity index (χ1v) is 6.59. The average Bonchev–Trinajstić information content (AvgIpc) is 2.70. The van der Waals surface area contributed by atoms with E-state index in [0.29, 0.717) is 5.56 Å². The fourth-order valence-corrected chi connectivity index (χ4v) is 2.54. The highest BCUT2D eigenvalue weighted by Crippen LogP contribution is 2.33. The molecule has 6 heteroatoms. The van der Waals surface area contributed by atoms with E-state index in [0.717, 1.165) is 23.0 Å². The molecule has 0 saturated heterocycles. The van der Waals surface area contributed by atoms with Gasteiger partial charge in [0.05, 0.1) is 23.0 Å². The van der Waals surface area contributed by atoms with Crippen molar-refractivity contribution in [1.82, 2.24) is 15.1 Å². The highest BCUT2D eigenvalue weighted by Gasteiger charge is 2.31. The predicted octanol–water partition coefficient (Wildman–Crippen LogP) is 3.36. The van der Waals surface area contributed by atoms with Gasteiger partial charge in [0.1, 0.15) is 0 Å². The maximum absolute atomic E-state index is 12.7. The fourth-order valence-electron chi connectivity index (χ4n) is 2.54. The predicted molar refractivity (Wildman–Crippen MR) is 75.0 cm³/mol. The lowest BCUT2D eigenvalue weighted by Crippen LogP contribution is -2.22. The number of halogens is 3. The van der Waals surface area contributed by atoms with Crippen LogP contribution in [0.4, 0.5) is 13.2 Å². The van der Waals surface area contributed by atoms with Crippen LogP contribution in [-0.4, -0.2) is 16.8 Å².